The van der Waals surface area contributed by atoms with Gasteiger partial charge in [-0.3, -0.25) is 4.79 Å². The van der Waals surface area contributed by atoms with Crippen molar-refractivity contribution in [2.75, 3.05) is 6.54 Å². The average Bonchev–Trinajstić information content (AvgIpc) is 2.21. The number of hydrogen-bond donors (Lipinski definition) is 0. The van der Waals surface area contributed by atoms with Crippen LogP contribution in [0.15, 0.2) is 41.0 Å². The lowest BCUT2D eigenvalue weighted by molar-refractivity contribution is -0.116. The number of carbonyl (C=O) groups excluding carboxylic acids is 1. The third-order valence-electron chi connectivity index (χ3n) is 2.20. The van der Waals surface area contributed by atoms with E-state index in [9.17, 15) is 4.79 Å². The zero-order chi connectivity index (χ0) is 11.3. The molecule has 1 rings (SSSR count). The SMILES string of the molecule is C=C(C)N(C=O)CCc1ccccc1Br. The van der Waals surface area contributed by atoms with Crippen molar-refractivity contribution in [1.82, 2.24) is 4.90 Å². The van der Waals surface area contributed by atoms with Gasteiger partial charge in [0, 0.05) is 16.7 Å². The largest absolute Gasteiger partial charge is 0.319 e. The van der Waals surface area contributed by atoms with Gasteiger partial charge in [0.05, 0.1) is 0 Å². The number of nitrogens with zero attached hydrogens (tertiary/aromatic N) is 1. The molecule has 1 aromatic carbocycles. The summed E-state index contributed by atoms with van der Waals surface area (Å²) < 4.78 is 1.08. The molecule has 0 aliphatic rings. The first-order valence-corrected chi connectivity index (χ1v) is 5.55. The smallest absolute Gasteiger partial charge is 0.213 e. The highest BCUT2D eigenvalue weighted by Gasteiger charge is 2.04. The predicted molar refractivity (Wildman–Crippen MR) is 65.4 cm³/mol. The second-order valence-electron chi connectivity index (χ2n) is 3.38. The van der Waals surface area contributed by atoms with E-state index in [0.29, 0.717) is 6.54 Å². The first-order valence-electron chi connectivity index (χ1n) is 4.76. The lowest BCUT2D eigenvalue weighted by Crippen LogP contribution is -2.21. The fraction of sp³-hybridized carbons (Fsp3) is 0.250. The highest BCUT2D eigenvalue weighted by Crippen LogP contribution is 2.16. The van der Waals surface area contributed by atoms with Gasteiger partial charge in [0.25, 0.3) is 0 Å². The van der Waals surface area contributed by atoms with Crippen LogP contribution in [-0.2, 0) is 11.2 Å². The molecule has 1 amide bonds. The molecule has 0 atom stereocenters. The Labute approximate surface area is 98.7 Å². The molecule has 0 fully saturated rings. The molecule has 0 N–H and O–H groups in total. The van der Waals surface area contributed by atoms with Crippen LogP contribution in [0, 0.1) is 0 Å². The minimum atomic E-state index is 0.668. The van der Waals surface area contributed by atoms with Gasteiger partial charge >= 0.3 is 0 Å². The summed E-state index contributed by atoms with van der Waals surface area (Å²) in [6, 6.07) is 8.02. The third-order valence-corrected chi connectivity index (χ3v) is 2.97. The molecule has 0 bridgehead atoms. The van der Waals surface area contributed by atoms with Crippen molar-refractivity contribution in [2.45, 2.75) is 13.3 Å². The van der Waals surface area contributed by atoms with Crippen LogP contribution in [0.5, 0.6) is 0 Å². The van der Waals surface area contributed by atoms with Crippen LogP contribution in [0.3, 0.4) is 0 Å². The van der Waals surface area contributed by atoms with Crippen molar-refractivity contribution in [3.63, 3.8) is 0 Å². The van der Waals surface area contributed by atoms with Crippen LogP contribution in [0.1, 0.15) is 12.5 Å². The van der Waals surface area contributed by atoms with Crippen LogP contribution in [0.25, 0.3) is 0 Å². The molecule has 15 heavy (non-hydrogen) atoms. The Morgan fingerprint density at radius 2 is 2.20 bits per heavy atom. The Bertz CT molecular complexity index is 362. The van der Waals surface area contributed by atoms with Crippen molar-refractivity contribution in [3.8, 4) is 0 Å². The lowest BCUT2D eigenvalue weighted by atomic mass is 10.1. The molecule has 0 heterocycles. The van der Waals surface area contributed by atoms with Crippen molar-refractivity contribution in [1.29, 1.82) is 0 Å². The van der Waals surface area contributed by atoms with Crippen molar-refractivity contribution in [3.05, 3.63) is 46.6 Å². The fourth-order valence-corrected chi connectivity index (χ4v) is 1.76. The Kier molecular flexibility index (Phi) is 4.56. The summed E-state index contributed by atoms with van der Waals surface area (Å²) in [7, 11) is 0. The van der Waals surface area contributed by atoms with Gasteiger partial charge in [-0.1, -0.05) is 40.7 Å². The number of hydrogen-bond acceptors (Lipinski definition) is 1. The first kappa shape index (κ1) is 12.0. The molecule has 1 aromatic rings. The molecule has 0 spiro atoms. The summed E-state index contributed by atoms with van der Waals surface area (Å²) in [5, 5.41) is 0. The van der Waals surface area contributed by atoms with Gasteiger partial charge in [0.2, 0.25) is 6.41 Å². The molecule has 2 nitrogen and oxygen atoms in total. The summed E-state index contributed by atoms with van der Waals surface area (Å²) >= 11 is 3.48. The van der Waals surface area contributed by atoms with E-state index in [-0.39, 0.29) is 0 Å². The van der Waals surface area contributed by atoms with Gasteiger partial charge in [0.15, 0.2) is 0 Å². The number of rotatable bonds is 5. The second-order valence-corrected chi connectivity index (χ2v) is 4.23. The van der Waals surface area contributed by atoms with Crippen molar-refractivity contribution in [2.24, 2.45) is 0 Å². The van der Waals surface area contributed by atoms with Crippen LogP contribution in [0.4, 0.5) is 0 Å². The molecule has 0 saturated heterocycles. The summed E-state index contributed by atoms with van der Waals surface area (Å²) in [5.41, 5.74) is 1.97. The summed E-state index contributed by atoms with van der Waals surface area (Å²) in [5.74, 6) is 0. The molecule has 0 aromatic heterocycles. The maximum absolute atomic E-state index is 10.7. The molecule has 0 aliphatic carbocycles. The van der Waals surface area contributed by atoms with E-state index >= 15 is 0 Å². The minimum absolute atomic E-state index is 0.668. The fourth-order valence-electron chi connectivity index (χ4n) is 1.28. The van der Waals surface area contributed by atoms with Gasteiger partial charge in [0.1, 0.15) is 0 Å². The Balaban J connectivity index is 2.60. The van der Waals surface area contributed by atoms with E-state index < -0.39 is 0 Å². The lowest BCUT2D eigenvalue weighted by Gasteiger charge is -2.16. The number of benzene rings is 1. The monoisotopic (exact) mass is 267 g/mol. The van der Waals surface area contributed by atoms with Crippen LogP contribution in [-0.4, -0.2) is 17.9 Å². The van der Waals surface area contributed by atoms with E-state index in [2.05, 4.69) is 22.5 Å². The Morgan fingerprint density at radius 3 is 2.73 bits per heavy atom. The van der Waals surface area contributed by atoms with Gasteiger partial charge in [-0.2, -0.15) is 0 Å². The van der Waals surface area contributed by atoms with E-state index in [1.165, 1.54) is 5.56 Å². The topological polar surface area (TPSA) is 20.3 Å². The number of amides is 1. The Morgan fingerprint density at radius 1 is 1.53 bits per heavy atom. The van der Waals surface area contributed by atoms with Crippen LogP contribution >= 0.6 is 15.9 Å². The number of allylic oxidation sites excluding steroid dienone is 1. The average molecular weight is 268 g/mol. The standard InChI is InChI=1S/C12H14BrNO/c1-10(2)14(9-15)8-7-11-5-3-4-6-12(11)13/h3-6,9H,1,7-8H2,2H3. The highest BCUT2D eigenvalue weighted by atomic mass is 79.9. The van der Waals surface area contributed by atoms with E-state index in [0.717, 1.165) is 23.0 Å². The second kappa shape index (κ2) is 5.71. The predicted octanol–water partition coefficient (Wildman–Crippen LogP) is 2.98. The number of carbonyl (C=O) groups is 1. The normalized spacial score (nSPS) is 9.73. The highest BCUT2D eigenvalue weighted by molar-refractivity contribution is 9.10. The maximum atomic E-state index is 10.7. The van der Waals surface area contributed by atoms with Gasteiger partial charge in [-0.15, -0.1) is 0 Å². The van der Waals surface area contributed by atoms with Crippen LogP contribution in [0.2, 0.25) is 0 Å². The quantitative estimate of drug-likeness (QED) is 0.752. The molecule has 0 aliphatic heterocycles. The van der Waals surface area contributed by atoms with E-state index in [1.54, 1.807) is 4.90 Å². The summed E-state index contributed by atoms with van der Waals surface area (Å²) in [6.07, 6.45) is 1.65. The molecular formula is C12H14BrNO. The minimum Gasteiger partial charge on any atom is -0.319 e. The van der Waals surface area contributed by atoms with Gasteiger partial charge in [-0.25, -0.2) is 0 Å². The molecule has 0 unspecified atom stereocenters. The number of halogens is 1. The zero-order valence-electron chi connectivity index (χ0n) is 8.74. The van der Waals surface area contributed by atoms with E-state index in [4.69, 9.17) is 0 Å². The molecular weight excluding hydrogens is 254 g/mol. The van der Waals surface area contributed by atoms with Crippen molar-refractivity contribution < 1.29 is 4.79 Å². The molecule has 0 saturated carbocycles. The van der Waals surface area contributed by atoms with Crippen molar-refractivity contribution >= 4 is 22.3 Å². The third kappa shape index (κ3) is 3.51. The van der Waals surface area contributed by atoms with Gasteiger partial charge in [-0.05, 0) is 25.0 Å². The zero-order valence-corrected chi connectivity index (χ0v) is 10.3. The molecule has 80 valence electrons. The van der Waals surface area contributed by atoms with Crippen LogP contribution < -0.4 is 0 Å². The summed E-state index contributed by atoms with van der Waals surface area (Å²) in [4.78, 5) is 12.3. The Hall–Kier alpha value is -1.09. The van der Waals surface area contributed by atoms with E-state index in [1.807, 2.05) is 31.2 Å². The van der Waals surface area contributed by atoms with Gasteiger partial charge < -0.3 is 4.90 Å². The first-order chi connectivity index (χ1) is 7.15. The molecule has 3 heteroatoms. The maximum Gasteiger partial charge on any atom is 0.213 e. The molecule has 0 radical (unpaired) electrons. The summed E-state index contributed by atoms with van der Waals surface area (Å²) in [6.45, 7) is 6.24.